The van der Waals surface area contributed by atoms with Crippen LogP contribution in [-0.4, -0.2) is 11.5 Å². The third kappa shape index (κ3) is 3.67. The van der Waals surface area contributed by atoms with Crippen LogP contribution >= 0.6 is 0 Å². The first kappa shape index (κ1) is 13.9. The van der Waals surface area contributed by atoms with Gasteiger partial charge < -0.3 is 5.32 Å². The van der Waals surface area contributed by atoms with Crippen molar-refractivity contribution in [3.63, 3.8) is 0 Å². The van der Waals surface area contributed by atoms with Gasteiger partial charge in [-0.05, 0) is 19.1 Å². The second kappa shape index (κ2) is 5.92. The molecule has 1 aromatic rings. The van der Waals surface area contributed by atoms with Gasteiger partial charge in [-0.3, -0.25) is 0 Å². The van der Waals surface area contributed by atoms with Crippen molar-refractivity contribution in [2.24, 2.45) is 0 Å². The van der Waals surface area contributed by atoms with E-state index in [-0.39, 0.29) is 11.4 Å². The molecule has 6 heteroatoms. The molecule has 94 valence electrons. The summed E-state index contributed by atoms with van der Waals surface area (Å²) in [4.78, 5) is 3.41. The van der Waals surface area contributed by atoms with E-state index in [1.807, 2.05) is 0 Å². The first-order chi connectivity index (χ1) is 8.49. The minimum atomic E-state index is -4.52. The molecule has 0 saturated carbocycles. The maximum absolute atomic E-state index is 12.5. The van der Waals surface area contributed by atoms with Gasteiger partial charge in [0.05, 0.1) is 5.56 Å². The van der Waals surface area contributed by atoms with E-state index in [0.29, 0.717) is 13.0 Å². The predicted molar refractivity (Wildman–Crippen MR) is 60.5 cm³/mol. The molecule has 0 spiro atoms. The number of hydrogen-bond acceptors (Lipinski definition) is 3. The molecule has 0 aliphatic heterocycles. The highest BCUT2D eigenvalue weighted by Gasteiger charge is 2.33. The normalized spacial score (nSPS) is 10.2. The van der Waals surface area contributed by atoms with E-state index in [0.717, 1.165) is 12.1 Å². The van der Waals surface area contributed by atoms with E-state index < -0.39 is 11.9 Å². The fourth-order valence-electron chi connectivity index (χ4n) is 1.21. The molecule has 0 fully saturated rings. The molecule has 0 amide bonds. The zero-order valence-corrected chi connectivity index (χ0v) is 9.60. The summed E-state index contributed by atoms with van der Waals surface area (Å²) in [7, 11) is 0. The molecule has 0 atom stereocenters. The Morgan fingerprint density at radius 2 is 2.11 bits per heavy atom. The van der Waals surface area contributed by atoms with Crippen molar-refractivity contribution in [3.05, 3.63) is 23.4 Å². The molecule has 0 saturated heterocycles. The Kier molecular flexibility index (Phi) is 4.56. The summed E-state index contributed by atoms with van der Waals surface area (Å²) in [6.45, 7) is 2.01. The topological polar surface area (TPSA) is 48.7 Å². The molecule has 1 rings (SSSR count). The van der Waals surface area contributed by atoms with E-state index in [4.69, 9.17) is 5.26 Å². The van der Waals surface area contributed by atoms with Gasteiger partial charge in [-0.1, -0.05) is 0 Å². The van der Waals surface area contributed by atoms with Gasteiger partial charge >= 0.3 is 6.18 Å². The average molecular weight is 253 g/mol. The zero-order valence-electron chi connectivity index (χ0n) is 9.60. The standard InChI is InChI=1S/C12H10F3N3/c1-2-3-4-7-17-11-9(8-16)5-6-10(18-11)12(13,14)15/h5-6H,4,7H2,1H3,(H,17,18). The third-order valence-corrected chi connectivity index (χ3v) is 2.03. The predicted octanol–water partition coefficient (Wildman–Crippen LogP) is 2.80. The van der Waals surface area contributed by atoms with Crippen LogP contribution in [0, 0.1) is 23.2 Å². The minimum Gasteiger partial charge on any atom is -0.368 e. The fourth-order valence-corrected chi connectivity index (χ4v) is 1.21. The smallest absolute Gasteiger partial charge is 0.368 e. The summed E-state index contributed by atoms with van der Waals surface area (Å²) in [6.07, 6.45) is -4.05. The Morgan fingerprint density at radius 3 is 2.67 bits per heavy atom. The largest absolute Gasteiger partial charge is 0.433 e. The molecule has 3 nitrogen and oxygen atoms in total. The number of rotatable bonds is 3. The molecule has 0 aliphatic carbocycles. The third-order valence-electron chi connectivity index (χ3n) is 2.03. The molecule has 0 unspecified atom stereocenters. The lowest BCUT2D eigenvalue weighted by atomic mass is 10.2. The van der Waals surface area contributed by atoms with Gasteiger partial charge in [0, 0.05) is 13.0 Å². The zero-order chi connectivity index (χ0) is 13.6. The van der Waals surface area contributed by atoms with Crippen LogP contribution in [0.1, 0.15) is 24.6 Å². The Bertz CT molecular complexity index is 518. The molecule has 1 aromatic heterocycles. The fraction of sp³-hybridized carbons (Fsp3) is 0.333. The van der Waals surface area contributed by atoms with Crippen LogP contribution in [0.3, 0.4) is 0 Å². The van der Waals surface area contributed by atoms with Gasteiger partial charge in [0.25, 0.3) is 0 Å². The van der Waals surface area contributed by atoms with Gasteiger partial charge in [-0.25, -0.2) is 4.98 Å². The van der Waals surface area contributed by atoms with Crippen LogP contribution in [0.5, 0.6) is 0 Å². The molecule has 0 aromatic carbocycles. The number of pyridine rings is 1. The maximum atomic E-state index is 12.5. The van der Waals surface area contributed by atoms with Gasteiger partial charge in [0.2, 0.25) is 0 Å². The van der Waals surface area contributed by atoms with Crippen LogP contribution in [0.4, 0.5) is 19.0 Å². The van der Waals surface area contributed by atoms with Crippen molar-refractivity contribution in [2.45, 2.75) is 19.5 Å². The van der Waals surface area contributed by atoms with Gasteiger partial charge in [-0.15, -0.1) is 11.8 Å². The monoisotopic (exact) mass is 253 g/mol. The summed E-state index contributed by atoms with van der Waals surface area (Å²) < 4.78 is 37.4. The van der Waals surface area contributed by atoms with Crippen LogP contribution in [0.15, 0.2) is 12.1 Å². The van der Waals surface area contributed by atoms with Crippen LogP contribution in [-0.2, 0) is 6.18 Å². The summed E-state index contributed by atoms with van der Waals surface area (Å²) in [5.74, 6) is 5.35. The summed E-state index contributed by atoms with van der Waals surface area (Å²) in [6, 6.07) is 3.67. The van der Waals surface area contributed by atoms with Crippen molar-refractivity contribution < 1.29 is 13.2 Å². The number of aromatic nitrogens is 1. The van der Waals surface area contributed by atoms with Crippen LogP contribution in [0.25, 0.3) is 0 Å². The second-order valence-corrected chi connectivity index (χ2v) is 3.31. The first-order valence-electron chi connectivity index (χ1n) is 5.11. The lowest BCUT2D eigenvalue weighted by Crippen LogP contribution is -2.12. The SMILES string of the molecule is CC#CCCNc1nc(C(F)(F)F)ccc1C#N. The lowest BCUT2D eigenvalue weighted by Gasteiger charge is -2.10. The maximum Gasteiger partial charge on any atom is 0.433 e. The van der Waals surface area contributed by atoms with E-state index in [9.17, 15) is 13.2 Å². The number of alkyl halides is 3. The first-order valence-corrected chi connectivity index (χ1v) is 5.11. The number of hydrogen-bond donors (Lipinski definition) is 1. The van der Waals surface area contributed by atoms with Crippen molar-refractivity contribution >= 4 is 5.82 Å². The summed E-state index contributed by atoms with van der Waals surface area (Å²) in [5.41, 5.74) is -0.946. The number of anilines is 1. The van der Waals surface area contributed by atoms with Crippen molar-refractivity contribution in [3.8, 4) is 17.9 Å². The van der Waals surface area contributed by atoms with Gasteiger partial charge in [-0.2, -0.15) is 18.4 Å². The Morgan fingerprint density at radius 1 is 1.39 bits per heavy atom. The number of halogens is 3. The van der Waals surface area contributed by atoms with E-state index in [1.54, 1.807) is 13.0 Å². The molecule has 0 radical (unpaired) electrons. The van der Waals surface area contributed by atoms with E-state index >= 15 is 0 Å². The molecule has 18 heavy (non-hydrogen) atoms. The molecule has 1 N–H and O–H groups in total. The van der Waals surface area contributed by atoms with Crippen LogP contribution in [0.2, 0.25) is 0 Å². The highest BCUT2D eigenvalue weighted by molar-refractivity contribution is 5.52. The Balaban J connectivity index is 2.92. The number of nitrogens with zero attached hydrogens (tertiary/aromatic N) is 2. The highest BCUT2D eigenvalue weighted by Crippen LogP contribution is 2.29. The lowest BCUT2D eigenvalue weighted by molar-refractivity contribution is -0.141. The van der Waals surface area contributed by atoms with Gasteiger partial charge in [0.15, 0.2) is 0 Å². The molecular weight excluding hydrogens is 243 g/mol. The minimum absolute atomic E-state index is 0.0646. The Hall–Kier alpha value is -2.21. The molecule has 0 bridgehead atoms. The van der Waals surface area contributed by atoms with Crippen molar-refractivity contribution in [1.29, 1.82) is 5.26 Å². The molecular formula is C12H10F3N3. The second-order valence-electron chi connectivity index (χ2n) is 3.31. The highest BCUT2D eigenvalue weighted by atomic mass is 19.4. The summed E-state index contributed by atoms with van der Waals surface area (Å²) >= 11 is 0. The number of nitriles is 1. The molecule has 1 heterocycles. The van der Waals surface area contributed by atoms with Crippen LogP contribution < -0.4 is 5.32 Å². The van der Waals surface area contributed by atoms with E-state index in [1.165, 1.54) is 0 Å². The van der Waals surface area contributed by atoms with E-state index in [2.05, 4.69) is 22.1 Å². The van der Waals surface area contributed by atoms with Crippen molar-refractivity contribution in [2.75, 3.05) is 11.9 Å². The number of nitrogens with one attached hydrogen (secondary N) is 1. The van der Waals surface area contributed by atoms with Gasteiger partial charge in [0.1, 0.15) is 17.6 Å². The summed E-state index contributed by atoms with van der Waals surface area (Å²) in [5, 5.41) is 11.5. The quantitative estimate of drug-likeness (QED) is 0.665. The molecule has 0 aliphatic rings. The Labute approximate surface area is 103 Å². The average Bonchev–Trinajstić information content (AvgIpc) is 2.33. The van der Waals surface area contributed by atoms with Crippen molar-refractivity contribution in [1.82, 2.24) is 4.98 Å².